The predicted octanol–water partition coefficient (Wildman–Crippen LogP) is 2.80. The molecular weight excluding hydrogens is 312 g/mol. The van der Waals surface area contributed by atoms with Gasteiger partial charge in [0.1, 0.15) is 0 Å². The SMILES string of the molecule is C=C(C)[C@@H]1CN(S(=O)(=O)c2ccc(C)cc2)[C@H]2CC/C(=N\O)[C@@H]12. The Labute approximate surface area is 137 Å². The van der Waals surface area contributed by atoms with Crippen molar-refractivity contribution in [2.75, 3.05) is 6.54 Å². The van der Waals surface area contributed by atoms with Crippen LogP contribution in [0.5, 0.6) is 0 Å². The molecule has 2 fully saturated rings. The smallest absolute Gasteiger partial charge is 0.243 e. The van der Waals surface area contributed by atoms with E-state index >= 15 is 0 Å². The summed E-state index contributed by atoms with van der Waals surface area (Å²) in [6, 6.07) is 6.79. The van der Waals surface area contributed by atoms with Crippen molar-refractivity contribution < 1.29 is 13.6 Å². The molecule has 1 aliphatic heterocycles. The quantitative estimate of drug-likeness (QED) is 0.525. The van der Waals surface area contributed by atoms with Crippen LogP contribution in [0.25, 0.3) is 0 Å². The molecule has 0 aromatic heterocycles. The Morgan fingerprint density at radius 2 is 2.00 bits per heavy atom. The number of benzene rings is 1. The van der Waals surface area contributed by atoms with Gasteiger partial charge < -0.3 is 5.21 Å². The minimum atomic E-state index is -3.55. The molecule has 6 heteroatoms. The summed E-state index contributed by atoms with van der Waals surface area (Å²) in [6.45, 7) is 8.26. The number of fused-ring (bicyclic) bond motifs is 1. The van der Waals surface area contributed by atoms with Crippen LogP contribution in [-0.4, -0.2) is 36.2 Å². The molecule has 0 radical (unpaired) electrons. The maximum atomic E-state index is 13.0. The second-order valence-corrected chi connectivity index (χ2v) is 8.45. The predicted molar refractivity (Wildman–Crippen MR) is 89.1 cm³/mol. The Hall–Kier alpha value is -1.66. The number of hydrogen-bond acceptors (Lipinski definition) is 4. The van der Waals surface area contributed by atoms with Crippen LogP contribution in [0.1, 0.15) is 25.3 Å². The third-order valence-electron chi connectivity index (χ3n) is 5.06. The van der Waals surface area contributed by atoms with E-state index in [1.54, 1.807) is 16.4 Å². The fourth-order valence-electron chi connectivity index (χ4n) is 3.83. The molecule has 0 unspecified atom stereocenters. The molecule has 23 heavy (non-hydrogen) atoms. The highest BCUT2D eigenvalue weighted by Crippen LogP contribution is 2.44. The molecule has 1 N–H and O–H groups in total. The number of nitrogens with zero attached hydrogens (tertiary/aromatic N) is 2. The average Bonchev–Trinajstić information content (AvgIpc) is 3.07. The molecule has 124 valence electrons. The van der Waals surface area contributed by atoms with Gasteiger partial charge in [0.25, 0.3) is 0 Å². The Bertz CT molecular complexity index is 753. The Morgan fingerprint density at radius 3 is 2.57 bits per heavy atom. The van der Waals surface area contributed by atoms with E-state index in [1.807, 2.05) is 26.0 Å². The lowest BCUT2D eigenvalue weighted by Gasteiger charge is -2.22. The highest BCUT2D eigenvalue weighted by molar-refractivity contribution is 7.89. The first-order valence-corrected chi connectivity index (χ1v) is 9.25. The number of hydrogen-bond donors (Lipinski definition) is 1. The molecule has 5 nitrogen and oxygen atoms in total. The first-order valence-electron chi connectivity index (χ1n) is 7.81. The molecule has 2 aliphatic rings. The molecule has 0 bridgehead atoms. The second kappa shape index (κ2) is 5.76. The van der Waals surface area contributed by atoms with Crippen molar-refractivity contribution >= 4 is 15.7 Å². The van der Waals surface area contributed by atoms with Crippen molar-refractivity contribution in [2.24, 2.45) is 17.0 Å². The molecule has 3 rings (SSSR count). The summed E-state index contributed by atoms with van der Waals surface area (Å²) in [6.07, 6.45) is 1.33. The van der Waals surface area contributed by atoms with Crippen molar-refractivity contribution in [1.29, 1.82) is 0 Å². The molecular formula is C17H22N2O3S. The van der Waals surface area contributed by atoms with Gasteiger partial charge in [-0.05, 0) is 38.8 Å². The lowest BCUT2D eigenvalue weighted by atomic mass is 9.87. The summed E-state index contributed by atoms with van der Waals surface area (Å²) in [5.74, 6) is -0.0497. The highest BCUT2D eigenvalue weighted by atomic mass is 32.2. The van der Waals surface area contributed by atoms with Crippen LogP contribution in [0.15, 0.2) is 46.5 Å². The van der Waals surface area contributed by atoms with E-state index in [1.165, 1.54) is 0 Å². The van der Waals surface area contributed by atoms with Gasteiger partial charge in [-0.15, -0.1) is 0 Å². The summed E-state index contributed by atoms with van der Waals surface area (Å²) in [5.41, 5.74) is 2.66. The summed E-state index contributed by atoms with van der Waals surface area (Å²) < 4.78 is 27.7. The molecule has 0 spiro atoms. The Balaban J connectivity index is 2.00. The number of oxime groups is 1. The van der Waals surface area contributed by atoms with E-state index < -0.39 is 10.0 Å². The monoisotopic (exact) mass is 334 g/mol. The van der Waals surface area contributed by atoms with Crippen LogP contribution in [0.2, 0.25) is 0 Å². The summed E-state index contributed by atoms with van der Waals surface area (Å²) >= 11 is 0. The van der Waals surface area contributed by atoms with E-state index in [0.29, 0.717) is 30.0 Å². The third kappa shape index (κ3) is 2.60. The van der Waals surface area contributed by atoms with Crippen LogP contribution in [-0.2, 0) is 10.0 Å². The number of rotatable bonds is 3. The molecule has 1 saturated carbocycles. The Kier molecular flexibility index (Phi) is 4.06. The third-order valence-corrected chi connectivity index (χ3v) is 6.97. The molecule has 3 atom stereocenters. The van der Waals surface area contributed by atoms with Crippen LogP contribution >= 0.6 is 0 Å². The summed E-state index contributed by atoms with van der Waals surface area (Å²) in [5, 5.41) is 12.7. The van der Waals surface area contributed by atoms with Crippen molar-refractivity contribution in [3.63, 3.8) is 0 Å². The standard InChI is InChI=1S/C17H22N2O3S/c1-11(2)14-10-19(16-9-8-15(18-20)17(14)16)23(21,22)13-6-4-12(3)5-7-13/h4-7,14,16-17,20H,1,8-10H2,2-3H3/b18-15+/t14-,16-,17+/m0/s1. The molecule has 1 saturated heterocycles. The average molecular weight is 334 g/mol. The minimum Gasteiger partial charge on any atom is -0.411 e. The van der Waals surface area contributed by atoms with Crippen molar-refractivity contribution in [2.45, 2.75) is 37.6 Å². The van der Waals surface area contributed by atoms with Crippen molar-refractivity contribution in [3.8, 4) is 0 Å². The van der Waals surface area contributed by atoms with Crippen LogP contribution < -0.4 is 0 Å². The van der Waals surface area contributed by atoms with E-state index in [0.717, 1.165) is 11.1 Å². The van der Waals surface area contributed by atoms with E-state index in [4.69, 9.17) is 0 Å². The van der Waals surface area contributed by atoms with Gasteiger partial charge in [0.15, 0.2) is 0 Å². The van der Waals surface area contributed by atoms with Gasteiger partial charge in [-0.1, -0.05) is 35.0 Å². The van der Waals surface area contributed by atoms with Gasteiger partial charge in [0.2, 0.25) is 10.0 Å². The van der Waals surface area contributed by atoms with Gasteiger partial charge in [-0.2, -0.15) is 4.31 Å². The zero-order valence-corrected chi connectivity index (χ0v) is 14.3. The van der Waals surface area contributed by atoms with E-state index in [2.05, 4.69) is 11.7 Å². The second-order valence-electron chi connectivity index (χ2n) is 6.56. The summed E-state index contributed by atoms with van der Waals surface area (Å²) in [7, 11) is -3.55. The van der Waals surface area contributed by atoms with Gasteiger partial charge in [-0.25, -0.2) is 8.42 Å². The molecule has 1 aromatic carbocycles. The molecule has 1 aromatic rings. The number of aryl methyl sites for hydroxylation is 1. The van der Waals surface area contributed by atoms with E-state index in [-0.39, 0.29) is 17.9 Å². The van der Waals surface area contributed by atoms with Gasteiger partial charge in [0.05, 0.1) is 10.6 Å². The first-order chi connectivity index (χ1) is 10.9. The van der Waals surface area contributed by atoms with Crippen LogP contribution in [0.3, 0.4) is 0 Å². The van der Waals surface area contributed by atoms with Gasteiger partial charge in [0, 0.05) is 24.4 Å². The summed E-state index contributed by atoms with van der Waals surface area (Å²) in [4.78, 5) is 0.318. The largest absolute Gasteiger partial charge is 0.411 e. The van der Waals surface area contributed by atoms with Crippen molar-refractivity contribution in [3.05, 3.63) is 42.0 Å². The maximum absolute atomic E-state index is 13.0. The fraction of sp³-hybridized carbons (Fsp3) is 0.471. The lowest BCUT2D eigenvalue weighted by Crippen LogP contribution is -2.36. The highest BCUT2D eigenvalue weighted by Gasteiger charge is 2.52. The van der Waals surface area contributed by atoms with Gasteiger partial charge in [-0.3, -0.25) is 0 Å². The Morgan fingerprint density at radius 1 is 1.35 bits per heavy atom. The fourth-order valence-corrected chi connectivity index (χ4v) is 5.53. The topological polar surface area (TPSA) is 70.0 Å². The first kappa shape index (κ1) is 16.2. The van der Waals surface area contributed by atoms with Crippen LogP contribution in [0.4, 0.5) is 0 Å². The van der Waals surface area contributed by atoms with E-state index in [9.17, 15) is 13.6 Å². The molecule has 0 amide bonds. The minimum absolute atomic E-state index is 0.00798. The maximum Gasteiger partial charge on any atom is 0.243 e. The molecule has 1 aliphatic carbocycles. The number of sulfonamides is 1. The van der Waals surface area contributed by atoms with Crippen LogP contribution in [0, 0.1) is 18.8 Å². The molecule has 1 heterocycles. The lowest BCUT2D eigenvalue weighted by molar-refractivity contribution is 0.313. The van der Waals surface area contributed by atoms with Gasteiger partial charge >= 0.3 is 0 Å². The van der Waals surface area contributed by atoms with Crippen molar-refractivity contribution in [1.82, 2.24) is 4.31 Å². The normalized spacial score (nSPS) is 29.8. The zero-order valence-electron chi connectivity index (χ0n) is 13.4. The zero-order chi connectivity index (χ0) is 16.8.